The van der Waals surface area contributed by atoms with Gasteiger partial charge in [0.15, 0.2) is 0 Å². The fraction of sp³-hybridized carbons (Fsp3) is 0.455. The minimum atomic E-state index is -3.07. The number of sulfonamides is 1. The molecule has 17 heavy (non-hydrogen) atoms. The first-order valence-electron chi connectivity index (χ1n) is 5.52. The first-order chi connectivity index (χ1) is 7.95. The Labute approximate surface area is 102 Å². The average Bonchev–Trinajstić information content (AvgIpc) is 2.65. The first kappa shape index (κ1) is 12.2. The van der Waals surface area contributed by atoms with Gasteiger partial charge in [-0.05, 0) is 24.6 Å². The Bertz CT molecular complexity index is 501. The van der Waals surface area contributed by atoms with E-state index in [4.69, 9.17) is 5.73 Å². The van der Waals surface area contributed by atoms with Crippen LogP contribution in [0.1, 0.15) is 6.42 Å². The largest absolute Gasteiger partial charge is 0.399 e. The molecule has 1 aliphatic rings. The smallest absolute Gasteiger partial charge is 0.211 e. The zero-order valence-electron chi connectivity index (χ0n) is 9.76. The lowest BCUT2D eigenvalue weighted by atomic mass is 10.2. The number of nitrogens with zero attached hydrogens (tertiary/aromatic N) is 1. The van der Waals surface area contributed by atoms with Crippen molar-refractivity contribution in [3.05, 3.63) is 24.3 Å². The van der Waals surface area contributed by atoms with Crippen molar-refractivity contribution in [2.24, 2.45) is 0 Å². The van der Waals surface area contributed by atoms with Crippen molar-refractivity contribution < 1.29 is 8.42 Å². The molecule has 1 aromatic carbocycles. The number of nitrogens with one attached hydrogen (secondary N) is 1. The lowest BCUT2D eigenvalue weighted by molar-refractivity contribution is 0.480. The molecular formula is C11H17N3O2S. The van der Waals surface area contributed by atoms with Gasteiger partial charge in [0.1, 0.15) is 0 Å². The summed E-state index contributed by atoms with van der Waals surface area (Å²) in [6.45, 7) is 1.10. The molecule has 1 unspecified atom stereocenters. The van der Waals surface area contributed by atoms with E-state index >= 15 is 0 Å². The molecule has 0 aliphatic carbocycles. The summed E-state index contributed by atoms with van der Waals surface area (Å²) in [5.74, 6) is 0. The van der Waals surface area contributed by atoms with Crippen molar-refractivity contribution in [2.45, 2.75) is 12.5 Å². The molecule has 0 saturated carbocycles. The number of nitrogens with two attached hydrogens (primary N) is 1. The second-order valence-electron chi connectivity index (χ2n) is 4.38. The molecule has 0 aromatic heterocycles. The molecule has 0 radical (unpaired) electrons. The van der Waals surface area contributed by atoms with Gasteiger partial charge in [-0.15, -0.1) is 0 Å². The van der Waals surface area contributed by atoms with Crippen molar-refractivity contribution >= 4 is 21.4 Å². The summed E-state index contributed by atoms with van der Waals surface area (Å²) in [6.07, 6.45) is 2.07. The number of rotatable bonds is 3. The van der Waals surface area contributed by atoms with Gasteiger partial charge < -0.3 is 11.1 Å². The zero-order chi connectivity index (χ0) is 12.5. The van der Waals surface area contributed by atoms with Crippen molar-refractivity contribution in [2.75, 3.05) is 30.4 Å². The van der Waals surface area contributed by atoms with Crippen LogP contribution in [0.3, 0.4) is 0 Å². The molecule has 1 fully saturated rings. The van der Waals surface area contributed by atoms with Crippen LogP contribution < -0.4 is 11.1 Å². The van der Waals surface area contributed by atoms with Crippen LogP contribution in [-0.2, 0) is 10.0 Å². The SMILES string of the molecule is CS(=O)(=O)N1CCC(Nc2cccc(N)c2)C1. The molecule has 0 amide bonds. The van der Waals surface area contributed by atoms with Crippen molar-refractivity contribution in [3.63, 3.8) is 0 Å². The Hall–Kier alpha value is -1.27. The van der Waals surface area contributed by atoms with E-state index in [1.54, 1.807) is 0 Å². The predicted octanol–water partition coefficient (Wildman–Crippen LogP) is 0.715. The molecule has 5 nitrogen and oxygen atoms in total. The van der Waals surface area contributed by atoms with Gasteiger partial charge in [-0.25, -0.2) is 12.7 Å². The Kier molecular flexibility index (Phi) is 3.26. The maximum atomic E-state index is 11.4. The van der Waals surface area contributed by atoms with E-state index in [-0.39, 0.29) is 6.04 Å². The maximum absolute atomic E-state index is 11.4. The summed E-state index contributed by atoms with van der Waals surface area (Å²) < 4.78 is 24.2. The fourth-order valence-corrected chi connectivity index (χ4v) is 2.90. The van der Waals surface area contributed by atoms with E-state index < -0.39 is 10.0 Å². The van der Waals surface area contributed by atoms with E-state index in [1.807, 2.05) is 24.3 Å². The topological polar surface area (TPSA) is 75.4 Å². The summed E-state index contributed by atoms with van der Waals surface area (Å²) in [5.41, 5.74) is 7.32. The lowest BCUT2D eigenvalue weighted by Gasteiger charge is -2.15. The Morgan fingerprint density at radius 3 is 2.82 bits per heavy atom. The van der Waals surface area contributed by atoms with E-state index in [2.05, 4.69) is 5.32 Å². The maximum Gasteiger partial charge on any atom is 0.211 e. The summed E-state index contributed by atoms with van der Waals surface area (Å²) in [4.78, 5) is 0. The standard InChI is InChI=1S/C11H17N3O2S/c1-17(15,16)14-6-5-11(8-14)13-10-4-2-3-9(12)7-10/h2-4,7,11,13H,5-6,8,12H2,1H3. The lowest BCUT2D eigenvalue weighted by Crippen LogP contribution is -2.30. The molecule has 94 valence electrons. The molecule has 3 N–H and O–H groups in total. The van der Waals surface area contributed by atoms with Gasteiger partial charge in [0.25, 0.3) is 0 Å². The van der Waals surface area contributed by atoms with Crippen LogP contribution in [0.4, 0.5) is 11.4 Å². The quantitative estimate of drug-likeness (QED) is 0.780. The van der Waals surface area contributed by atoms with Crippen LogP contribution in [0.2, 0.25) is 0 Å². The monoisotopic (exact) mass is 255 g/mol. The summed E-state index contributed by atoms with van der Waals surface area (Å²) >= 11 is 0. The van der Waals surface area contributed by atoms with Crippen LogP contribution >= 0.6 is 0 Å². The summed E-state index contributed by atoms with van der Waals surface area (Å²) in [7, 11) is -3.07. The van der Waals surface area contributed by atoms with Gasteiger partial charge in [0.05, 0.1) is 6.26 Å². The van der Waals surface area contributed by atoms with Gasteiger partial charge in [-0.1, -0.05) is 6.07 Å². The molecule has 0 spiro atoms. The molecule has 1 atom stereocenters. The van der Waals surface area contributed by atoms with Crippen LogP contribution in [0.5, 0.6) is 0 Å². The van der Waals surface area contributed by atoms with Crippen LogP contribution in [0.15, 0.2) is 24.3 Å². The third-order valence-corrected chi connectivity index (χ3v) is 4.15. The summed E-state index contributed by atoms with van der Waals surface area (Å²) in [5, 5.41) is 3.30. The van der Waals surface area contributed by atoms with Crippen molar-refractivity contribution in [1.29, 1.82) is 0 Å². The third kappa shape index (κ3) is 3.10. The van der Waals surface area contributed by atoms with Gasteiger partial charge in [0, 0.05) is 30.5 Å². The van der Waals surface area contributed by atoms with Crippen LogP contribution in [-0.4, -0.2) is 38.1 Å². The Balaban J connectivity index is 1.99. The first-order valence-corrected chi connectivity index (χ1v) is 7.37. The molecule has 1 aromatic rings. The van der Waals surface area contributed by atoms with Crippen molar-refractivity contribution in [1.82, 2.24) is 4.31 Å². The second-order valence-corrected chi connectivity index (χ2v) is 6.36. The number of hydrogen-bond donors (Lipinski definition) is 2. The molecule has 6 heteroatoms. The second kappa shape index (κ2) is 4.54. The Morgan fingerprint density at radius 2 is 2.24 bits per heavy atom. The van der Waals surface area contributed by atoms with E-state index in [0.717, 1.165) is 12.1 Å². The average molecular weight is 255 g/mol. The predicted molar refractivity (Wildman–Crippen MR) is 69.3 cm³/mol. The highest BCUT2D eigenvalue weighted by Gasteiger charge is 2.28. The van der Waals surface area contributed by atoms with Gasteiger partial charge in [-0.3, -0.25) is 0 Å². The van der Waals surface area contributed by atoms with Crippen molar-refractivity contribution in [3.8, 4) is 0 Å². The van der Waals surface area contributed by atoms with Crippen LogP contribution in [0.25, 0.3) is 0 Å². The minimum Gasteiger partial charge on any atom is -0.399 e. The van der Waals surface area contributed by atoms with Gasteiger partial charge in [0.2, 0.25) is 10.0 Å². The number of anilines is 2. The molecule has 1 heterocycles. The Morgan fingerprint density at radius 1 is 1.47 bits per heavy atom. The highest BCUT2D eigenvalue weighted by atomic mass is 32.2. The van der Waals surface area contributed by atoms with E-state index in [0.29, 0.717) is 18.8 Å². The summed E-state index contributed by atoms with van der Waals surface area (Å²) in [6, 6.07) is 7.64. The molecule has 2 rings (SSSR count). The van der Waals surface area contributed by atoms with E-state index in [9.17, 15) is 8.42 Å². The van der Waals surface area contributed by atoms with Crippen LogP contribution in [0, 0.1) is 0 Å². The van der Waals surface area contributed by atoms with E-state index in [1.165, 1.54) is 10.6 Å². The minimum absolute atomic E-state index is 0.159. The number of nitrogen functional groups attached to an aromatic ring is 1. The number of benzene rings is 1. The highest BCUT2D eigenvalue weighted by Crippen LogP contribution is 2.19. The molecule has 1 aliphatic heterocycles. The van der Waals surface area contributed by atoms with Gasteiger partial charge in [-0.2, -0.15) is 0 Å². The third-order valence-electron chi connectivity index (χ3n) is 2.88. The molecule has 1 saturated heterocycles. The fourth-order valence-electron chi connectivity index (χ4n) is 2.01. The zero-order valence-corrected chi connectivity index (χ0v) is 10.6. The highest BCUT2D eigenvalue weighted by molar-refractivity contribution is 7.88. The number of hydrogen-bond acceptors (Lipinski definition) is 4. The van der Waals surface area contributed by atoms with Gasteiger partial charge >= 0.3 is 0 Å². The molecular weight excluding hydrogens is 238 g/mol. The normalized spacial score (nSPS) is 21.6. The molecule has 0 bridgehead atoms.